The highest BCUT2D eigenvalue weighted by atomic mass is 16.5. The summed E-state index contributed by atoms with van der Waals surface area (Å²) in [7, 11) is 3.00. The third kappa shape index (κ3) is 2.64. The van der Waals surface area contributed by atoms with E-state index in [1.807, 2.05) is 18.2 Å². The van der Waals surface area contributed by atoms with Gasteiger partial charge < -0.3 is 14.6 Å². The fourth-order valence-electron chi connectivity index (χ4n) is 2.51. The maximum Gasteiger partial charge on any atom is 0.305 e. The second-order valence-corrected chi connectivity index (χ2v) is 4.67. The first-order valence-electron chi connectivity index (χ1n) is 6.05. The van der Waals surface area contributed by atoms with Crippen molar-refractivity contribution in [3.8, 4) is 5.75 Å². The Morgan fingerprint density at radius 2 is 2.22 bits per heavy atom. The van der Waals surface area contributed by atoms with E-state index in [0.29, 0.717) is 12.8 Å². The molecular weight excluding hydrogens is 232 g/mol. The van der Waals surface area contributed by atoms with Crippen molar-refractivity contribution >= 4 is 5.97 Å². The summed E-state index contributed by atoms with van der Waals surface area (Å²) in [5.41, 5.74) is 2.00. The molecule has 4 heteroatoms. The predicted octanol–water partition coefficient (Wildman–Crippen LogP) is 1.85. The molecule has 0 radical (unpaired) electrons. The predicted molar refractivity (Wildman–Crippen MR) is 66.4 cm³/mol. The fourth-order valence-corrected chi connectivity index (χ4v) is 2.51. The molecule has 2 unspecified atom stereocenters. The molecule has 0 heterocycles. The number of carbonyl (C=O) groups is 1. The summed E-state index contributed by atoms with van der Waals surface area (Å²) < 4.78 is 9.82. The Hall–Kier alpha value is -1.55. The number of rotatable bonds is 3. The van der Waals surface area contributed by atoms with E-state index in [0.717, 1.165) is 23.3 Å². The quantitative estimate of drug-likeness (QED) is 0.832. The zero-order valence-corrected chi connectivity index (χ0v) is 10.7. The van der Waals surface area contributed by atoms with E-state index in [4.69, 9.17) is 4.74 Å². The van der Waals surface area contributed by atoms with Gasteiger partial charge in [0.15, 0.2) is 0 Å². The molecule has 1 aliphatic rings. The van der Waals surface area contributed by atoms with Crippen LogP contribution in [0.5, 0.6) is 5.75 Å². The molecule has 0 fully saturated rings. The molecule has 2 rings (SSSR count). The molecule has 0 spiro atoms. The van der Waals surface area contributed by atoms with Crippen molar-refractivity contribution in [2.24, 2.45) is 5.92 Å². The van der Waals surface area contributed by atoms with Crippen LogP contribution in [0.15, 0.2) is 18.2 Å². The molecule has 0 amide bonds. The lowest BCUT2D eigenvalue weighted by molar-refractivity contribution is -0.142. The van der Waals surface area contributed by atoms with Crippen LogP contribution in [0.25, 0.3) is 0 Å². The van der Waals surface area contributed by atoms with Crippen LogP contribution in [0.3, 0.4) is 0 Å². The van der Waals surface area contributed by atoms with Gasteiger partial charge in [0.1, 0.15) is 5.75 Å². The number of ether oxygens (including phenoxy) is 2. The summed E-state index contributed by atoms with van der Waals surface area (Å²) in [6.07, 6.45) is 1.22. The van der Waals surface area contributed by atoms with Gasteiger partial charge in [0, 0.05) is 6.42 Å². The minimum atomic E-state index is -0.529. The van der Waals surface area contributed by atoms with Gasteiger partial charge in [-0.3, -0.25) is 4.79 Å². The van der Waals surface area contributed by atoms with Crippen molar-refractivity contribution in [3.05, 3.63) is 29.3 Å². The summed E-state index contributed by atoms with van der Waals surface area (Å²) in [6.45, 7) is 0. The van der Waals surface area contributed by atoms with Crippen molar-refractivity contribution < 1.29 is 19.4 Å². The largest absolute Gasteiger partial charge is 0.497 e. The lowest BCUT2D eigenvalue weighted by Crippen LogP contribution is -2.21. The molecule has 1 N–H and O–H groups in total. The standard InChI is InChI=1S/C14H18O4/c1-17-11-4-3-10-5-9(7-14(16)18-2)6-13(15)12(10)8-11/h3-4,8-9,13,15H,5-7H2,1-2H3. The molecule has 0 bridgehead atoms. The van der Waals surface area contributed by atoms with Gasteiger partial charge in [-0.2, -0.15) is 0 Å². The van der Waals surface area contributed by atoms with Crippen LogP contribution in [0, 0.1) is 5.92 Å². The van der Waals surface area contributed by atoms with E-state index in [1.54, 1.807) is 7.11 Å². The Bertz CT molecular complexity index is 441. The van der Waals surface area contributed by atoms with E-state index < -0.39 is 6.10 Å². The van der Waals surface area contributed by atoms with Gasteiger partial charge in [0.05, 0.1) is 20.3 Å². The SMILES string of the molecule is COC(=O)CC1Cc2ccc(OC)cc2C(O)C1. The molecule has 1 aromatic carbocycles. The number of benzene rings is 1. The molecule has 98 valence electrons. The highest BCUT2D eigenvalue weighted by Crippen LogP contribution is 2.36. The Balaban J connectivity index is 2.16. The van der Waals surface area contributed by atoms with E-state index in [-0.39, 0.29) is 11.9 Å². The maximum atomic E-state index is 11.3. The van der Waals surface area contributed by atoms with Crippen molar-refractivity contribution in [2.45, 2.75) is 25.4 Å². The highest BCUT2D eigenvalue weighted by molar-refractivity contribution is 5.69. The number of aliphatic hydroxyl groups excluding tert-OH is 1. The van der Waals surface area contributed by atoms with Crippen LogP contribution in [0.4, 0.5) is 0 Å². The lowest BCUT2D eigenvalue weighted by Gasteiger charge is -2.28. The van der Waals surface area contributed by atoms with Gasteiger partial charge in [0.25, 0.3) is 0 Å². The van der Waals surface area contributed by atoms with Crippen LogP contribution < -0.4 is 4.74 Å². The Morgan fingerprint density at radius 1 is 1.44 bits per heavy atom. The zero-order valence-electron chi connectivity index (χ0n) is 10.7. The number of esters is 1. The van der Waals surface area contributed by atoms with Gasteiger partial charge in [-0.1, -0.05) is 6.07 Å². The second kappa shape index (κ2) is 5.40. The van der Waals surface area contributed by atoms with Gasteiger partial charge >= 0.3 is 5.97 Å². The third-order valence-electron chi connectivity index (χ3n) is 3.46. The summed E-state index contributed by atoms with van der Waals surface area (Å²) in [4.78, 5) is 11.3. The minimum Gasteiger partial charge on any atom is -0.497 e. The van der Waals surface area contributed by atoms with Crippen LogP contribution in [0.1, 0.15) is 30.1 Å². The maximum absolute atomic E-state index is 11.3. The number of methoxy groups -OCH3 is 2. The zero-order chi connectivity index (χ0) is 13.1. The van der Waals surface area contributed by atoms with Gasteiger partial charge in [0.2, 0.25) is 0 Å². The van der Waals surface area contributed by atoms with Crippen molar-refractivity contribution in [1.82, 2.24) is 0 Å². The van der Waals surface area contributed by atoms with Crippen LogP contribution in [-0.2, 0) is 16.0 Å². The van der Waals surface area contributed by atoms with E-state index in [1.165, 1.54) is 7.11 Å². The summed E-state index contributed by atoms with van der Waals surface area (Å²) in [5, 5.41) is 10.1. The summed E-state index contributed by atoms with van der Waals surface area (Å²) >= 11 is 0. The number of carbonyl (C=O) groups excluding carboxylic acids is 1. The Labute approximate surface area is 107 Å². The van der Waals surface area contributed by atoms with E-state index >= 15 is 0 Å². The molecule has 0 aromatic heterocycles. The van der Waals surface area contributed by atoms with Crippen LogP contribution in [0.2, 0.25) is 0 Å². The average molecular weight is 250 g/mol. The molecule has 0 saturated carbocycles. The van der Waals surface area contributed by atoms with Crippen molar-refractivity contribution in [3.63, 3.8) is 0 Å². The topological polar surface area (TPSA) is 55.8 Å². The molecule has 18 heavy (non-hydrogen) atoms. The van der Waals surface area contributed by atoms with E-state index in [9.17, 15) is 9.90 Å². The summed E-state index contributed by atoms with van der Waals surface area (Å²) in [6, 6.07) is 5.71. The van der Waals surface area contributed by atoms with Crippen LogP contribution >= 0.6 is 0 Å². The molecule has 4 nitrogen and oxygen atoms in total. The monoisotopic (exact) mass is 250 g/mol. The van der Waals surface area contributed by atoms with Crippen LogP contribution in [-0.4, -0.2) is 25.3 Å². The first-order valence-corrected chi connectivity index (χ1v) is 6.05. The first kappa shape index (κ1) is 12.9. The van der Waals surface area contributed by atoms with Gasteiger partial charge in [-0.15, -0.1) is 0 Å². The number of aliphatic hydroxyl groups is 1. The fraction of sp³-hybridized carbons (Fsp3) is 0.500. The molecule has 1 aromatic rings. The Morgan fingerprint density at radius 3 is 2.89 bits per heavy atom. The molecule has 1 aliphatic carbocycles. The normalized spacial score (nSPS) is 22.2. The third-order valence-corrected chi connectivity index (χ3v) is 3.46. The van der Waals surface area contributed by atoms with E-state index in [2.05, 4.69) is 4.74 Å². The molecule has 2 atom stereocenters. The van der Waals surface area contributed by atoms with Gasteiger partial charge in [-0.05, 0) is 42.0 Å². The smallest absolute Gasteiger partial charge is 0.305 e. The second-order valence-electron chi connectivity index (χ2n) is 4.67. The minimum absolute atomic E-state index is 0.147. The number of hydrogen-bond acceptors (Lipinski definition) is 4. The summed E-state index contributed by atoms with van der Waals surface area (Å²) in [5.74, 6) is 0.678. The average Bonchev–Trinajstić information content (AvgIpc) is 2.38. The van der Waals surface area contributed by atoms with Crippen molar-refractivity contribution in [1.29, 1.82) is 0 Å². The molecule has 0 aliphatic heterocycles. The highest BCUT2D eigenvalue weighted by Gasteiger charge is 2.27. The van der Waals surface area contributed by atoms with Gasteiger partial charge in [-0.25, -0.2) is 0 Å². The number of hydrogen-bond donors (Lipinski definition) is 1. The van der Waals surface area contributed by atoms with Crippen molar-refractivity contribution in [2.75, 3.05) is 14.2 Å². The first-order chi connectivity index (χ1) is 8.63. The molecular formula is C14H18O4. The Kier molecular flexibility index (Phi) is 3.87. The lowest BCUT2D eigenvalue weighted by atomic mass is 9.80. The molecule has 0 saturated heterocycles. The number of fused-ring (bicyclic) bond motifs is 1.